The van der Waals surface area contributed by atoms with Gasteiger partial charge in [0.1, 0.15) is 18.3 Å². The second-order valence-corrected chi connectivity index (χ2v) is 13.7. The first-order valence-electron chi connectivity index (χ1n) is 14.8. The summed E-state index contributed by atoms with van der Waals surface area (Å²) in [4.78, 5) is 29.5. The van der Waals surface area contributed by atoms with Gasteiger partial charge in [0.15, 0.2) is 0 Å². The van der Waals surface area contributed by atoms with Crippen LogP contribution >= 0.6 is 23.2 Å². The number of ether oxygens (including phenoxy) is 1. The highest BCUT2D eigenvalue weighted by Crippen LogP contribution is 2.30. The number of hydrogen-bond acceptors (Lipinski definition) is 5. The summed E-state index contributed by atoms with van der Waals surface area (Å²) in [5.74, 6) is -0.438. The number of amides is 2. The zero-order chi connectivity index (χ0) is 31.9. The van der Waals surface area contributed by atoms with Gasteiger partial charge >= 0.3 is 0 Å². The van der Waals surface area contributed by atoms with Crippen LogP contribution in [0.25, 0.3) is 0 Å². The summed E-state index contributed by atoms with van der Waals surface area (Å²) in [6.07, 6.45) is 5.26. The van der Waals surface area contributed by atoms with E-state index in [4.69, 9.17) is 27.9 Å². The van der Waals surface area contributed by atoms with Gasteiger partial charge in [-0.2, -0.15) is 0 Å². The van der Waals surface area contributed by atoms with Crippen molar-refractivity contribution in [2.75, 3.05) is 18.0 Å². The first-order chi connectivity index (χ1) is 21.0. The van der Waals surface area contributed by atoms with Crippen LogP contribution in [0.3, 0.4) is 0 Å². The lowest BCUT2D eigenvalue weighted by Crippen LogP contribution is -2.54. The van der Waals surface area contributed by atoms with Crippen molar-refractivity contribution in [2.45, 2.75) is 75.9 Å². The molecule has 1 aliphatic rings. The fourth-order valence-corrected chi connectivity index (χ4v) is 7.37. The van der Waals surface area contributed by atoms with E-state index in [9.17, 15) is 18.0 Å². The normalized spacial score (nSPS) is 14.5. The Labute approximate surface area is 270 Å². The van der Waals surface area contributed by atoms with Gasteiger partial charge in [0, 0.05) is 34.3 Å². The van der Waals surface area contributed by atoms with Crippen molar-refractivity contribution < 1.29 is 22.7 Å². The molecule has 3 aromatic carbocycles. The summed E-state index contributed by atoms with van der Waals surface area (Å²) in [6.45, 7) is 3.03. The van der Waals surface area contributed by atoms with Gasteiger partial charge in [-0.15, -0.1) is 0 Å². The fraction of sp³-hybridized carbons (Fsp3) is 0.394. The molecule has 0 aromatic heterocycles. The van der Waals surface area contributed by atoms with Gasteiger partial charge in [0.25, 0.3) is 10.0 Å². The average Bonchev–Trinajstić information content (AvgIpc) is 3.01. The number of nitrogens with zero attached hydrogens (tertiary/aromatic N) is 2. The predicted octanol–water partition coefficient (Wildman–Crippen LogP) is 6.76. The molecule has 1 atom stereocenters. The van der Waals surface area contributed by atoms with Crippen LogP contribution in [0.15, 0.2) is 71.6 Å². The maximum Gasteiger partial charge on any atom is 0.264 e. The molecule has 0 unspecified atom stereocenters. The van der Waals surface area contributed by atoms with Crippen LogP contribution in [-0.2, 0) is 26.2 Å². The minimum Gasteiger partial charge on any atom is -0.497 e. The summed E-state index contributed by atoms with van der Waals surface area (Å²) in [5, 5.41) is 3.82. The van der Waals surface area contributed by atoms with Gasteiger partial charge in [-0.1, -0.05) is 79.2 Å². The lowest BCUT2D eigenvalue weighted by Gasteiger charge is -2.34. The molecule has 1 saturated carbocycles. The zero-order valence-corrected chi connectivity index (χ0v) is 27.6. The molecule has 44 heavy (non-hydrogen) atoms. The largest absolute Gasteiger partial charge is 0.497 e. The van der Waals surface area contributed by atoms with E-state index in [1.165, 1.54) is 24.1 Å². The van der Waals surface area contributed by atoms with Crippen LogP contribution in [0.2, 0.25) is 10.0 Å². The lowest BCUT2D eigenvalue weighted by atomic mass is 9.95. The van der Waals surface area contributed by atoms with E-state index in [0.29, 0.717) is 27.8 Å². The van der Waals surface area contributed by atoms with Gasteiger partial charge in [-0.05, 0) is 62.6 Å². The van der Waals surface area contributed by atoms with E-state index in [1.807, 2.05) is 13.8 Å². The van der Waals surface area contributed by atoms with Crippen molar-refractivity contribution in [1.29, 1.82) is 0 Å². The number of carbonyl (C=O) groups is 2. The Morgan fingerprint density at radius 3 is 2.23 bits per heavy atom. The van der Waals surface area contributed by atoms with E-state index < -0.39 is 28.5 Å². The molecule has 1 N–H and O–H groups in total. The standard InChI is InChI=1S/C33H39Cl2N3O5S/c1-4-31(33(40)36-24-10-6-5-7-11-24)37(21-28-29(34)14-9-15-30(28)35)32(39)22-38(25-12-8-13-26(20-25)43-3)44(41,42)27-18-16-23(2)17-19-27/h8-9,12-20,24,31H,4-7,10-11,21-22H2,1-3H3,(H,36,40)/t31-/m0/s1. The van der Waals surface area contributed by atoms with Crippen LogP contribution < -0.4 is 14.4 Å². The maximum atomic E-state index is 14.4. The summed E-state index contributed by atoms with van der Waals surface area (Å²) < 4.78 is 34.6. The van der Waals surface area contributed by atoms with Crippen molar-refractivity contribution in [1.82, 2.24) is 10.2 Å². The van der Waals surface area contributed by atoms with Crippen molar-refractivity contribution in [3.63, 3.8) is 0 Å². The minimum absolute atomic E-state index is 0.0290. The molecule has 1 aliphatic carbocycles. The molecular formula is C33H39Cl2N3O5S. The van der Waals surface area contributed by atoms with Gasteiger partial charge in [-0.3, -0.25) is 13.9 Å². The number of methoxy groups -OCH3 is 1. The molecule has 1 fully saturated rings. The van der Waals surface area contributed by atoms with Crippen LogP contribution in [0.5, 0.6) is 5.75 Å². The quantitative estimate of drug-likeness (QED) is 0.232. The van der Waals surface area contributed by atoms with Crippen LogP contribution in [-0.4, -0.2) is 50.9 Å². The maximum absolute atomic E-state index is 14.4. The second-order valence-electron chi connectivity index (χ2n) is 11.0. The van der Waals surface area contributed by atoms with E-state index >= 15 is 0 Å². The smallest absolute Gasteiger partial charge is 0.264 e. The van der Waals surface area contributed by atoms with Crippen LogP contribution in [0, 0.1) is 6.92 Å². The third-order valence-corrected chi connectivity index (χ3v) is 10.5. The number of rotatable bonds is 12. The number of anilines is 1. The Morgan fingerprint density at radius 2 is 1.61 bits per heavy atom. The fourth-order valence-electron chi connectivity index (χ4n) is 5.45. The van der Waals surface area contributed by atoms with Crippen molar-refractivity contribution >= 4 is 50.7 Å². The Hall–Kier alpha value is -3.27. The first kappa shape index (κ1) is 33.6. The molecule has 2 amide bonds. The Balaban J connectivity index is 1.75. The molecule has 0 saturated heterocycles. The lowest BCUT2D eigenvalue weighted by molar-refractivity contribution is -0.140. The second kappa shape index (κ2) is 15.1. The van der Waals surface area contributed by atoms with Crippen molar-refractivity contribution in [2.24, 2.45) is 0 Å². The number of carbonyl (C=O) groups excluding carboxylic acids is 2. The minimum atomic E-state index is -4.21. The molecule has 0 heterocycles. The van der Waals surface area contributed by atoms with E-state index in [-0.39, 0.29) is 29.1 Å². The summed E-state index contributed by atoms with van der Waals surface area (Å²) in [7, 11) is -2.73. The van der Waals surface area contributed by atoms with Gasteiger partial charge in [0.05, 0.1) is 17.7 Å². The first-order valence-corrected chi connectivity index (χ1v) is 17.0. The highest BCUT2D eigenvalue weighted by atomic mass is 35.5. The summed E-state index contributed by atoms with van der Waals surface area (Å²) in [5.41, 5.74) is 1.61. The summed E-state index contributed by atoms with van der Waals surface area (Å²) in [6, 6.07) is 17.1. The third-order valence-electron chi connectivity index (χ3n) is 7.96. The highest BCUT2D eigenvalue weighted by Gasteiger charge is 2.35. The SMILES string of the molecule is CC[C@@H](C(=O)NC1CCCCC1)N(Cc1c(Cl)cccc1Cl)C(=O)CN(c1cccc(OC)c1)S(=O)(=O)c1ccc(C)cc1. The molecule has 3 aromatic rings. The highest BCUT2D eigenvalue weighted by molar-refractivity contribution is 7.92. The molecule has 11 heteroatoms. The molecule has 236 valence electrons. The molecular weight excluding hydrogens is 621 g/mol. The number of benzene rings is 3. The number of nitrogens with one attached hydrogen (secondary N) is 1. The molecule has 0 spiro atoms. The number of aryl methyl sites for hydroxylation is 1. The Bertz CT molecular complexity index is 1540. The average molecular weight is 661 g/mol. The van der Waals surface area contributed by atoms with Crippen molar-refractivity contribution in [3.8, 4) is 5.75 Å². The molecule has 8 nitrogen and oxygen atoms in total. The molecule has 0 radical (unpaired) electrons. The number of halogens is 2. The zero-order valence-electron chi connectivity index (χ0n) is 25.3. The van der Waals surface area contributed by atoms with Crippen LogP contribution in [0.4, 0.5) is 5.69 Å². The number of sulfonamides is 1. The molecule has 0 bridgehead atoms. The monoisotopic (exact) mass is 659 g/mol. The number of hydrogen-bond donors (Lipinski definition) is 1. The van der Waals surface area contributed by atoms with Gasteiger partial charge < -0.3 is 15.0 Å². The van der Waals surface area contributed by atoms with Crippen molar-refractivity contribution in [3.05, 3.63) is 87.9 Å². The van der Waals surface area contributed by atoms with Gasteiger partial charge in [-0.25, -0.2) is 8.42 Å². The van der Waals surface area contributed by atoms with E-state index in [2.05, 4.69) is 5.32 Å². The topological polar surface area (TPSA) is 96.0 Å². The van der Waals surface area contributed by atoms with E-state index in [1.54, 1.807) is 54.6 Å². The molecule has 4 rings (SSSR count). The predicted molar refractivity (Wildman–Crippen MR) is 175 cm³/mol. The third kappa shape index (κ3) is 8.06. The molecule has 0 aliphatic heterocycles. The Morgan fingerprint density at radius 1 is 0.977 bits per heavy atom. The van der Waals surface area contributed by atoms with Gasteiger partial charge in [0.2, 0.25) is 11.8 Å². The summed E-state index contributed by atoms with van der Waals surface area (Å²) >= 11 is 13.0. The Kier molecular flexibility index (Phi) is 11.6. The van der Waals surface area contributed by atoms with Crippen LogP contribution in [0.1, 0.15) is 56.6 Å². The van der Waals surface area contributed by atoms with E-state index in [0.717, 1.165) is 42.0 Å².